The van der Waals surface area contributed by atoms with Gasteiger partial charge in [0.15, 0.2) is 11.1 Å². The molecule has 2 atom stereocenters. The molecule has 1 heterocycles. The third kappa shape index (κ3) is 5.46. The Morgan fingerprint density at radius 3 is 2.88 bits per heavy atom. The van der Waals surface area contributed by atoms with E-state index in [0.717, 1.165) is 28.2 Å². The molecule has 0 spiro atoms. The Labute approximate surface area is 174 Å². The molecule has 2 unspecified atom stereocenters. The number of rotatable bonds is 5. The van der Waals surface area contributed by atoms with E-state index in [-0.39, 0.29) is 24.0 Å². The summed E-state index contributed by atoms with van der Waals surface area (Å²) in [5, 5.41) is 10.7. The molecule has 0 saturated heterocycles. The first-order chi connectivity index (χ1) is 11.6. The van der Waals surface area contributed by atoms with Crippen LogP contribution in [0.15, 0.2) is 34.6 Å². The van der Waals surface area contributed by atoms with Crippen molar-refractivity contribution in [2.75, 3.05) is 26.0 Å². The van der Waals surface area contributed by atoms with Crippen LogP contribution in [0.3, 0.4) is 0 Å². The van der Waals surface area contributed by atoms with Crippen molar-refractivity contribution in [2.45, 2.75) is 24.9 Å². The smallest absolute Gasteiger partial charge is 0.191 e. The van der Waals surface area contributed by atoms with E-state index in [1.54, 1.807) is 18.4 Å². The summed E-state index contributed by atoms with van der Waals surface area (Å²) in [6, 6.07) is 8.49. The number of hydrogen-bond donors (Lipinski definition) is 2. The number of aromatic nitrogens is 1. The maximum atomic E-state index is 6.07. The van der Waals surface area contributed by atoms with Gasteiger partial charge in [-0.25, -0.2) is 4.98 Å². The van der Waals surface area contributed by atoms with Gasteiger partial charge >= 0.3 is 0 Å². The summed E-state index contributed by atoms with van der Waals surface area (Å²) < 4.78 is 0. The van der Waals surface area contributed by atoms with Crippen LogP contribution < -0.4 is 15.5 Å². The number of nitrogens with zero attached hydrogens (tertiary/aromatic N) is 3. The highest BCUT2D eigenvalue weighted by Gasteiger charge is 2.39. The summed E-state index contributed by atoms with van der Waals surface area (Å²) in [6.45, 7) is 0.665. The monoisotopic (exact) mass is 491 g/mol. The Hall–Kier alpha value is -1.06. The zero-order valence-electron chi connectivity index (χ0n) is 14.5. The molecule has 8 heteroatoms. The molecule has 1 aromatic heterocycles. The summed E-state index contributed by atoms with van der Waals surface area (Å²) in [6.07, 6.45) is 1.10. The molecule has 25 heavy (non-hydrogen) atoms. The second-order valence-electron chi connectivity index (χ2n) is 6.09. The average Bonchev–Trinajstić information content (AvgIpc) is 3.16. The van der Waals surface area contributed by atoms with Crippen molar-refractivity contribution in [1.82, 2.24) is 15.6 Å². The van der Waals surface area contributed by atoms with Crippen LogP contribution in [0.4, 0.5) is 5.13 Å². The van der Waals surface area contributed by atoms with Gasteiger partial charge in [-0.05, 0) is 24.1 Å². The van der Waals surface area contributed by atoms with Gasteiger partial charge in [0.2, 0.25) is 0 Å². The van der Waals surface area contributed by atoms with Crippen LogP contribution in [-0.4, -0.2) is 38.1 Å². The van der Waals surface area contributed by atoms with Crippen LogP contribution in [0.25, 0.3) is 0 Å². The molecule has 1 saturated carbocycles. The molecule has 0 aliphatic heterocycles. The topological polar surface area (TPSA) is 52.6 Å². The molecule has 0 amide bonds. The van der Waals surface area contributed by atoms with Gasteiger partial charge < -0.3 is 15.5 Å². The number of benzene rings is 1. The number of halogens is 2. The average molecular weight is 492 g/mol. The zero-order chi connectivity index (χ0) is 17.1. The largest absolute Gasteiger partial charge is 0.354 e. The standard InChI is InChI=1S/C17H22ClN5S.HI/c1-19-16(20-9-13-10-24-17(21-13)23(2)3)22-15-8-14(15)11-5-4-6-12(18)7-11;/h4-7,10,14-15H,8-9H2,1-3H3,(H2,19,20,22);1H. The molecule has 0 radical (unpaired) electrons. The van der Waals surface area contributed by atoms with E-state index in [1.165, 1.54) is 5.56 Å². The fraction of sp³-hybridized carbons (Fsp3) is 0.412. The third-order valence-corrected chi connectivity index (χ3v) is 5.26. The Morgan fingerprint density at radius 2 is 2.24 bits per heavy atom. The van der Waals surface area contributed by atoms with Crippen molar-refractivity contribution in [1.29, 1.82) is 0 Å². The molecule has 2 N–H and O–H groups in total. The zero-order valence-corrected chi connectivity index (χ0v) is 18.4. The van der Waals surface area contributed by atoms with Gasteiger partial charge in [0, 0.05) is 43.5 Å². The van der Waals surface area contributed by atoms with Gasteiger partial charge in [-0.1, -0.05) is 23.7 Å². The molecule has 0 bridgehead atoms. The lowest BCUT2D eigenvalue weighted by Crippen LogP contribution is -2.38. The van der Waals surface area contributed by atoms with E-state index < -0.39 is 0 Å². The maximum Gasteiger partial charge on any atom is 0.191 e. The van der Waals surface area contributed by atoms with Gasteiger partial charge in [-0.3, -0.25) is 4.99 Å². The predicted octanol–water partition coefficient (Wildman–Crippen LogP) is 3.70. The first-order valence-corrected chi connectivity index (χ1v) is 9.17. The first kappa shape index (κ1) is 20.3. The lowest BCUT2D eigenvalue weighted by molar-refractivity contribution is 0.781. The second-order valence-corrected chi connectivity index (χ2v) is 7.36. The van der Waals surface area contributed by atoms with Crippen LogP contribution in [0.5, 0.6) is 0 Å². The van der Waals surface area contributed by atoms with Crippen LogP contribution >= 0.6 is 46.9 Å². The molecule has 1 aliphatic carbocycles. The number of hydrogen-bond acceptors (Lipinski definition) is 4. The van der Waals surface area contributed by atoms with Crippen molar-refractivity contribution in [3.63, 3.8) is 0 Å². The van der Waals surface area contributed by atoms with Gasteiger partial charge in [0.25, 0.3) is 0 Å². The molecular formula is C17H23ClIN5S. The van der Waals surface area contributed by atoms with E-state index in [4.69, 9.17) is 11.6 Å². The van der Waals surface area contributed by atoms with E-state index in [1.807, 2.05) is 37.2 Å². The minimum absolute atomic E-state index is 0. The van der Waals surface area contributed by atoms with Gasteiger partial charge in [-0.15, -0.1) is 35.3 Å². The van der Waals surface area contributed by atoms with E-state index >= 15 is 0 Å². The van der Waals surface area contributed by atoms with Crippen molar-refractivity contribution < 1.29 is 0 Å². The highest BCUT2D eigenvalue weighted by atomic mass is 127. The van der Waals surface area contributed by atoms with Crippen LogP contribution in [-0.2, 0) is 6.54 Å². The first-order valence-electron chi connectivity index (χ1n) is 7.91. The van der Waals surface area contributed by atoms with Gasteiger partial charge in [0.05, 0.1) is 12.2 Å². The van der Waals surface area contributed by atoms with Crippen molar-refractivity contribution >= 4 is 58.0 Å². The maximum absolute atomic E-state index is 6.07. The summed E-state index contributed by atoms with van der Waals surface area (Å²) in [7, 11) is 5.79. The molecule has 3 rings (SSSR count). The number of guanidine groups is 1. The Bertz CT molecular complexity index is 733. The Kier molecular flexibility index (Phi) is 7.33. The Morgan fingerprint density at radius 1 is 1.44 bits per heavy atom. The molecule has 1 aliphatic rings. The predicted molar refractivity (Wildman–Crippen MR) is 118 cm³/mol. The number of thiazole rings is 1. The molecular weight excluding hydrogens is 469 g/mol. The highest BCUT2D eigenvalue weighted by molar-refractivity contribution is 14.0. The second kappa shape index (κ2) is 9.05. The van der Waals surface area contributed by atoms with Gasteiger partial charge in [0.1, 0.15) is 0 Å². The summed E-state index contributed by atoms with van der Waals surface area (Å²) in [4.78, 5) is 10.9. The van der Waals surface area contributed by atoms with Gasteiger partial charge in [-0.2, -0.15) is 0 Å². The third-order valence-electron chi connectivity index (χ3n) is 3.97. The van der Waals surface area contributed by atoms with E-state index in [0.29, 0.717) is 18.5 Å². The van der Waals surface area contributed by atoms with Crippen LogP contribution in [0.2, 0.25) is 5.02 Å². The lowest BCUT2D eigenvalue weighted by Gasteiger charge is -2.11. The number of aliphatic imine (C=N–C) groups is 1. The lowest BCUT2D eigenvalue weighted by atomic mass is 10.1. The molecule has 2 aromatic rings. The van der Waals surface area contributed by atoms with E-state index in [9.17, 15) is 0 Å². The number of anilines is 1. The SMILES string of the molecule is CN=C(NCc1csc(N(C)C)n1)NC1CC1c1cccc(Cl)c1.I. The highest BCUT2D eigenvalue weighted by Crippen LogP contribution is 2.41. The molecule has 1 aromatic carbocycles. The fourth-order valence-corrected chi connectivity index (χ4v) is 3.54. The minimum Gasteiger partial charge on any atom is -0.354 e. The van der Waals surface area contributed by atoms with E-state index in [2.05, 4.69) is 32.1 Å². The normalized spacial score (nSPS) is 19.1. The van der Waals surface area contributed by atoms with Crippen molar-refractivity contribution in [3.05, 3.63) is 45.9 Å². The summed E-state index contributed by atoms with van der Waals surface area (Å²) in [5.74, 6) is 1.31. The molecule has 1 fully saturated rings. The minimum atomic E-state index is 0. The van der Waals surface area contributed by atoms with Crippen LogP contribution in [0.1, 0.15) is 23.6 Å². The van der Waals surface area contributed by atoms with Crippen LogP contribution in [0, 0.1) is 0 Å². The summed E-state index contributed by atoms with van der Waals surface area (Å²) >= 11 is 7.72. The number of nitrogens with one attached hydrogen (secondary N) is 2. The Balaban J connectivity index is 0.00000225. The molecule has 136 valence electrons. The van der Waals surface area contributed by atoms with Crippen molar-refractivity contribution in [3.8, 4) is 0 Å². The quantitative estimate of drug-likeness (QED) is 0.380. The fourth-order valence-electron chi connectivity index (χ4n) is 2.59. The summed E-state index contributed by atoms with van der Waals surface area (Å²) in [5.41, 5.74) is 2.31. The molecule has 5 nitrogen and oxygen atoms in total. The van der Waals surface area contributed by atoms with Crippen molar-refractivity contribution in [2.24, 2.45) is 4.99 Å².